The number of hydrogen-bond acceptors (Lipinski definition) is 2. The molecule has 0 aliphatic heterocycles. The standard InChI is InChI=1S/C16H13N.ClH.H3N/c1-2-6-13(7-3-1)12-15-11-10-14-8-4-5-9-16(14)17-15;;/h1-11H,12H2;1H;1H3. The van der Waals surface area contributed by atoms with E-state index in [1.807, 2.05) is 18.2 Å². The zero-order valence-corrected chi connectivity index (χ0v) is 11.4. The van der Waals surface area contributed by atoms with Gasteiger partial charge in [-0.05, 0) is 17.7 Å². The molecule has 0 bridgehead atoms. The molecule has 3 rings (SSSR count). The molecule has 0 aliphatic rings. The van der Waals surface area contributed by atoms with Crippen molar-refractivity contribution < 1.29 is 0 Å². The third-order valence-electron chi connectivity index (χ3n) is 2.88. The lowest BCUT2D eigenvalue weighted by Crippen LogP contribution is -1.92. The third kappa shape index (κ3) is 3.53. The summed E-state index contributed by atoms with van der Waals surface area (Å²) in [7, 11) is 0. The van der Waals surface area contributed by atoms with Crippen LogP contribution in [0.4, 0.5) is 0 Å². The average Bonchev–Trinajstić information content (AvgIpc) is 2.40. The first-order chi connectivity index (χ1) is 8.42. The summed E-state index contributed by atoms with van der Waals surface area (Å²) in [5, 5.41) is 1.20. The van der Waals surface area contributed by atoms with Crippen molar-refractivity contribution in [3.05, 3.63) is 78.0 Å². The molecule has 1 aromatic heterocycles. The number of pyridine rings is 1. The summed E-state index contributed by atoms with van der Waals surface area (Å²) < 4.78 is 0. The SMILES string of the molecule is Cl.N.c1ccc(Cc2ccc3ccccc3n2)cc1. The second-order valence-corrected chi connectivity index (χ2v) is 4.16. The summed E-state index contributed by atoms with van der Waals surface area (Å²) in [6.07, 6.45) is 0.895. The van der Waals surface area contributed by atoms with Crippen LogP contribution >= 0.6 is 12.4 Å². The Kier molecular flexibility index (Phi) is 5.49. The van der Waals surface area contributed by atoms with Gasteiger partial charge in [-0.2, -0.15) is 0 Å². The second-order valence-electron chi connectivity index (χ2n) is 4.16. The lowest BCUT2D eigenvalue weighted by molar-refractivity contribution is 1.10. The van der Waals surface area contributed by atoms with E-state index < -0.39 is 0 Å². The Labute approximate surface area is 119 Å². The monoisotopic (exact) mass is 272 g/mol. The number of halogens is 1. The topological polar surface area (TPSA) is 47.9 Å². The van der Waals surface area contributed by atoms with Crippen molar-refractivity contribution in [2.45, 2.75) is 6.42 Å². The summed E-state index contributed by atoms with van der Waals surface area (Å²) in [4.78, 5) is 4.67. The molecule has 0 unspecified atom stereocenters. The van der Waals surface area contributed by atoms with Gasteiger partial charge in [0.2, 0.25) is 0 Å². The predicted octanol–water partition coefficient (Wildman–Crippen LogP) is 4.41. The highest BCUT2D eigenvalue weighted by Crippen LogP contribution is 2.14. The van der Waals surface area contributed by atoms with Crippen LogP contribution in [0.5, 0.6) is 0 Å². The molecule has 3 aromatic rings. The number of para-hydroxylation sites is 1. The van der Waals surface area contributed by atoms with Gasteiger partial charge in [0.1, 0.15) is 0 Å². The molecular formula is C16H17ClN2. The molecule has 2 nitrogen and oxygen atoms in total. The van der Waals surface area contributed by atoms with Gasteiger partial charge in [0, 0.05) is 17.5 Å². The van der Waals surface area contributed by atoms with Crippen LogP contribution in [0.3, 0.4) is 0 Å². The number of hydrogen-bond donors (Lipinski definition) is 1. The quantitative estimate of drug-likeness (QED) is 0.751. The fourth-order valence-electron chi connectivity index (χ4n) is 2.01. The molecule has 0 spiro atoms. The van der Waals surface area contributed by atoms with Crippen LogP contribution in [-0.2, 0) is 6.42 Å². The van der Waals surface area contributed by atoms with Gasteiger partial charge in [-0.1, -0.05) is 54.6 Å². The Bertz CT molecular complexity index is 638. The highest BCUT2D eigenvalue weighted by atomic mass is 35.5. The fourth-order valence-corrected chi connectivity index (χ4v) is 2.01. The number of rotatable bonds is 2. The van der Waals surface area contributed by atoms with Gasteiger partial charge in [0.25, 0.3) is 0 Å². The minimum absolute atomic E-state index is 0. The van der Waals surface area contributed by atoms with Crippen LogP contribution in [0, 0.1) is 0 Å². The van der Waals surface area contributed by atoms with E-state index in [1.54, 1.807) is 0 Å². The lowest BCUT2D eigenvalue weighted by atomic mass is 10.1. The predicted molar refractivity (Wildman–Crippen MR) is 83.3 cm³/mol. The molecule has 19 heavy (non-hydrogen) atoms. The molecule has 0 radical (unpaired) electrons. The molecule has 98 valence electrons. The van der Waals surface area contributed by atoms with Gasteiger partial charge in [0.05, 0.1) is 5.52 Å². The van der Waals surface area contributed by atoms with E-state index in [4.69, 9.17) is 0 Å². The molecule has 1 heterocycles. The highest BCUT2D eigenvalue weighted by molar-refractivity contribution is 5.85. The van der Waals surface area contributed by atoms with Gasteiger partial charge < -0.3 is 6.15 Å². The zero-order valence-electron chi connectivity index (χ0n) is 10.6. The fraction of sp³-hybridized carbons (Fsp3) is 0.0625. The summed E-state index contributed by atoms with van der Waals surface area (Å²) in [5.74, 6) is 0. The van der Waals surface area contributed by atoms with E-state index >= 15 is 0 Å². The second kappa shape index (κ2) is 6.88. The Balaban J connectivity index is 0.000000902. The lowest BCUT2D eigenvalue weighted by Gasteiger charge is -2.03. The minimum atomic E-state index is 0. The zero-order chi connectivity index (χ0) is 11.5. The third-order valence-corrected chi connectivity index (χ3v) is 2.88. The molecule has 0 saturated carbocycles. The molecule has 0 fully saturated rings. The molecule has 3 heteroatoms. The number of aromatic nitrogens is 1. The van der Waals surface area contributed by atoms with Gasteiger partial charge in [-0.3, -0.25) is 4.98 Å². The largest absolute Gasteiger partial charge is 0.344 e. The molecule has 0 amide bonds. The smallest absolute Gasteiger partial charge is 0.0705 e. The Morgan fingerprint density at radius 2 is 1.42 bits per heavy atom. The molecule has 0 aliphatic carbocycles. The molecule has 3 N–H and O–H groups in total. The Morgan fingerprint density at radius 1 is 0.737 bits per heavy atom. The van der Waals surface area contributed by atoms with Crippen molar-refractivity contribution in [1.82, 2.24) is 11.1 Å². The van der Waals surface area contributed by atoms with Gasteiger partial charge in [-0.25, -0.2) is 0 Å². The first kappa shape index (κ1) is 15.2. The van der Waals surface area contributed by atoms with Crippen molar-refractivity contribution in [3.63, 3.8) is 0 Å². The molecular weight excluding hydrogens is 256 g/mol. The van der Waals surface area contributed by atoms with Crippen LogP contribution in [0.2, 0.25) is 0 Å². The van der Waals surface area contributed by atoms with Crippen molar-refractivity contribution in [2.24, 2.45) is 0 Å². The van der Waals surface area contributed by atoms with Crippen LogP contribution < -0.4 is 6.15 Å². The maximum Gasteiger partial charge on any atom is 0.0705 e. The van der Waals surface area contributed by atoms with Crippen LogP contribution in [0.1, 0.15) is 11.3 Å². The van der Waals surface area contributed by atoms with E-state index in [9.17, 15) is 0 Å². The molecule has 2 aromatic carbocycles. The summed E-state index contributed by atoms with van der Waals surface area (Å²) >= 11 is 0. The number of benzene rings is 2. The normalized spacial score (nSPS) is 9.47. The Morgan fingerprint density at radius 3 is 2.21 bits per heavy atom. The molecule has 0 atom stereocenters. The van der Waals surface area contributed by atoms with Crippen LogP contribution in [0.25, 0.3) is 10.9 Å². The summed E-state index contributed by atoms with van der Waals surface area (Å²) in [5.41, 5.74) is 3.49. The number of nitrogens with zero attached hydrogens (tertiary/aromatic N) is 1. The Hall–Kier alpha value is -1.90. The van der Waals surface area contributed by atoms with Crippen molar-refractivity contribution in [1.29, 1.82) is 0 Å². The van der Waals surface area contributed by atoms with E-state index in [0.717, 1.165) is 17.6 Å². The van der Waals surface area contributed by atoms with Crippen LogP contribution in [-0.4, -0.2) is 4.98 Å². The summed E-state index contributed by atoms with van der Waals surface area (Å²) in [6, 6.07) is 22.9. The van der Waals surface area contributed by atoms with E-state index in [2.05, 4.69) is 53.5 Å². The number of fused-ring (bicyclic) bond motifs is 1. The van der Waals surface area contributed by atoms with Crippen molar-refractivity contribution in [2.75, 3.05) is 0 Å². The maximum atomic E-state index is 4.67. The molecule has 0 saturated heterocycles. The van der Waals surface area contributed by atoms with E-state index in [1.165, 1.54) is 10.9 Å². The van der Waals surface area contributed by atoms with E-state index in [-0.39, 0.29) is 18.6 Å². The van der Waals surface area contributed by atoms with E-state index in [0.29, 0.717) is 0 Å². The van der Waals surface area contributed by atoms with Gasteiger partial charge >= 0.3 is 0 Å². The van der Waals surface area contributed by atoms with Crippen molar-refractivity contribution in [3.8, 4) is 0 Å². The highest BCUT2D eigenvalue weighted by Gasteiger charge is 1.99. The van der Waals surface area contributed by atoms with Gasteiger partial charge in [0.15, 0.2) is 0 Å². The average molecular weight is 273 g/mol. The summed E-state index contributed by atoms with van der Waals surface area (Å²) in [6.45, 7) is 0. The van der Waals surface area contributed by atoms with Gasteiger partial charge in [-0.15, -0.1) is 12.4 Å². The van der Waals surface area contributed by atoms with Crippen molar-refractivity contribution >= 4 is 23.3 Å². The minimum Gasteiger partial charge on any atom is -0.344 e. The first-order valence-electron chi connectivity index (χ1n) is 5.80. The first-order valence-corrected chi connectivity index (χ1v) is 5.80. The maximum absolute atomic E-state index is 4.67. The van der Waals surface area contributed by atoms with Crippen LogP contribution in [0.15, 0.2) is 66.7 Å².